The molecule has 0 atom stereocenters. The topological polar surface area (TPSA) is 55.6 Å². The molecule has 0 aliphatic carbocycles. The molecule has 0 bridgehead atoms. The van der Waals surface area contributed by atoms with Crippen molar-refractivity contribution in [2.24, 2.45) is 5.10 Å². The summed E-state index contributed by atoms with van der Waals surface area (Å²) in [6.45, 7) is 3.91. The molecule has 3 aromatic rings. The van der Waals surface area contributed by atoms with Crippen LogP contribution in [-0.4, -0.2) is 23.8 Å². The van der Waals surface area contributed by atoms with Gasteiger partial charge in [0.1, 0.15) is 5.75 Å². The molecule has 6 heteroatoms. The third-order valence-corrected chi connectivity index (χ3v) is 4.74. The summed E-state index contributed by atoms with van der Waals surface area (Å²) in [5, 5.41) is 4.09. The fourth-order valence-electron chi connectivity index (χ4n) is 2.99. The predicted molar refractivity (Wildman–Crippen MR) is 111 cm³/mol. The molecule has 0 radical (unpaired) electrons. The maximum absolute atomic E-state index is 12.6. The first-order valence-corrected chi connectivity index (χ1v) is 9.22. The van der Waals surface area contributed by atoms with Crippen LogP contribution in [0.5, 0.6) is 5.75 Å². The number of hydrogen-bond acceptors (Lipinski definition) is 3. The Morgan fingerprint density at radius 3 is 2.59 bits per heavy atom. The minimum absolute atomic E-state index is 0.254. The van der Waals surface area contributed by atoms with Crippen molar-refractivity contribution in [2.45, 2.75) is 13.8 Å². The zero-order chi connectivity index (χ0) is 19.4. The van der Waals surface area contributed by atoms with Crippen molar-refractivity contribution in [3.05, 3.63) is 81.6 Å². The van der Waals surface area contributed by atoms with E-state index in [1.54, 1.807) is 13.3 Å². The van der Waals surface area contributed by atoms with Crippen LogP contribution in [0, 0.1) is 13.8 Å². The molecule has 138 valence electrons. The van der Waals surface area contributed by atoms with E-state index in [1.807, 2.05) is 68.4 Å². The fraction of sp³-hybridized carbons (Fsp3) is 0.143. The zero-order valence-electron chi connectivity index (χ0n) is 15.4. The summed E-state index contributed by atoms with van der Waals surface area (Å²) in [4.78, 5) is 12.6. The number of para-hydroxylation sites is 1. The minimum atomic E-state index is -0.254. The number of methoxy groups -OCH3 is 1. The number of ether oxygens (including phenoxy) is 1. The van der Waals surface area contributed by atoms with Crippen LogP contribution in [0.4, 0.5) is 0 Å². The zero-order valence-corrected chi connectivity index (χ0v) is 16.9. The molecule has 1 heterocycles. The molecular weight excluding hydrogens is 406 g/mol. The molecule has 5 nitrogen and oxygen atoms in total. The molecule has 0 fully saturated rings. The molecule has 0 spiro atoms. The van der Waals surface area contributed by atoms with E-state index in [0.29, 0.717) is 11.3 Å². The van der Waals surface area contributed by atoms with Crippen LogP contribution in [0.1, 0.15) is 27.3 Å². The van der Waals surface area contributed by atoms with Gasteiger partial charge in [-0.1, -0.05) is 34.1 Å². The third kappa shape index (κ3) is 4.11. The summed E-state index contributed by atoms with van der Waals surface area (Å²) in [6.07, 6.45) is 1.57. The second kappa shape index (κ2) is 8.22. The molecule has 2 aromatic carbocycles. The maximum Gasteiger partial charge on any atom is 0.273 e. The van der Waals surface area contributed by atoms with Crippen molar-refractivity contribution in [2.75, 3.05) is 7.11 Å². The first-order chi connectivity index (χ1) is 13.0. The Labute approximate surface area is 166 Å². The van der Waals surface area contributed by atoms with Gasteiger partial charge in [0.15, 0.2) is 0 Å². The third-order valence-electron chi connectivity index (χ3n) is 4.25. The van der Waals surface area contributed by atoms with Gasteiger partial charge in [0, 0.05) is 27.1 Å². The Bertz CT molecular complexity index is 994. The standard InChI is InChI=1S/C21H20BrN3O2/c1-14-11-19(15(2)25(14)18-7-5-4-6-8-18)21(26)24-23-13-16-12-17(22)9-10-20(16)27-3/h4-13H,1-3H3,(H,24,26). The van der Waals surface area contributed by atoms with E-state index in [-0.39, 0.29) is 5.91 Å². The Kier molecular flexibility index (Phi) is 5.76. The van der Waals surface area contributed by atoms with E-state index in [9.17, 15) is 4.79 Å². The van der Waals surface area contributed by atoms with Gasteiger partial charge in [0.25, 0.3) is 5.91 Å². The lowest BCUT2D eigenvalue weighted by molar-refractivity contribution is 0.0954. The number of carbonyl (C=O) groups is 1. The van der Waals surface area contributed by atoms with E-state index < -0.39 is 0 Å². The van der Waals surface area contributed by atoms with Gasteiger partial charge in [-0.05, 0) is 50.2 Å². The van der Waals surface area contributed by atoms with E-state index in [2.05, 4.69) is 31.0 Å². The number of aromatic nitrogens is 1. The van der Waals surface area contributed by atoms with Gasteiger partial charge in [0.2, 0.25) is 0 Å². The first kappa shape index (κ1) is 18.9. The van der Waals surface area contributed by atoms with Gasteiger partial charge in [-0.2, -0.15) is 5.10 Å². The number of halogens is 1. The monoisotopic (exact) mass is 425 g/mol. The van der Waals surface area contributed by atoms with Crippen LogP contribution in [0.25, 0.3) is 5.69 Å². The number of benzene rings is 2. The van der Waals surface area contributed by atoms with Gasteiger partial charge < -0.3 is 9.30 Å². The Balaban J connectivity index is 1.81. The van der Waals surface area contributed by atoms with Crippen LogP contribution in [0.3, 0.4) is 0 Å². The molecule has 1 N–H and O–H groups in total. The largest absolute Gasteiger partial charge is 0.496 e. The highest BCUT2D eigenvalue weighted by Crippen LogP contribution is 2.22. The summed E-state index contributed by atoms with van der Waals surface area (Å²) >= 11 is 3.42. The number of carbonyl (C=O) groups excluding carboxylic acids is 1. The Morgan fingerprint density at radius 2 is 1.89 bits per heavy atom. The van der Waals surface area contributed by atoms with Crippen LogP contribution in [0.2, 0.25) is 0 Å². The number of nitrogens with zero attached hydrogens (tertiary/aromatic N) is 2. The van der Waals surface area contributed by atoms with Gasteiger partial charge in [-0.15, -0.1) is 0 Å². The van der Waals surface area contributed by atoms with Gasteiger partial charge in [-0.25, -0.2) is 5.43 Å². The van der Waals surface area contributed by atoms with E-state index >= 15 is 0 Å². The number of hydrazone groups is 1. The lowest BCUT2D eigenvalue weighted by atomic mass is 10.2. The fourth-order valence-corrected chi connectivity index (χ4v) is 3.37. The molecule has 0 unspecified atom stereocenters. The van der Waals surface area contributed by atoms with Crippen molar-refractivity contribution in [1.29, 1.82) is 0 Å². The quantitative estimate of drug-likeness (QED) is 0.478. The summed E-state index contributed by atoms with van der Waals surface area (Å²) in [6, 6.07) is 17.4. The number of aryl methyl sites for hydroxylation is 1. The number of amides is 1. The van der Waals surface area contributed by atoms with Crippen molar-refractivity contribution in [3.63, 3.8) is 0 Å². The van der Waals surface area contributed by atoms with Crippen molar-refractivity contribution >= 4 is 28.1 Å². The second-order valence-corrected chi connectivity index (χ2v) is 6.96. The Morgan fingerprint density at radius 1 is 1.15 bits per heavy atom. The van der Waals surface area contributed by atoms with Crippen LogP contribution < -0.4 is 10.2 Å². The van der Waals surface area contributed by atoms with Crippen LogP contribution >= 0.6 is 15.9 Å². The second-order valence-electron chi connectivity index (χ2n) is 6.04. The molecular formula is C21H20BrN3O2. The number of rotatable bonds is 5. The van der Waals surface area contributed by atoms with Gasteiger partial charge in [0.05, 0.1) is 18.9 Å². The molecule has 0 aliphatic rings. The van der Waals surface area contributed by atoms with E-state index in [1.165, 1.54) is 0 Å². The van der Waals surface area contributed by atoms with Gasteiger partial charge >= 0.3 is 0 Å². The number of hydrogen-bond donors (Lipinski definition) is 1. The molecule has 3 rings (SSSR count). The molecule has 1 amide bonds. The lowest BCUT2D eigenvalue weighted by Gasteiger charge is -2.09. The molecule has 1 aromatic heterocycles. The molecule has 0 saturated heterocycles. The summed E-state index contributed by atoms with van der Waals surface area (Å²) in [5.74, 6) is 0.425. The smallest absolute Gasteiger partial charge is 0.273 e. The normalized spacial score (nSPS) is 11.0. The first-order valence-electron chi connectivity index (χ1n) is 8.42. The van der Waals surface area contributed by atoms with Crippen molar-refractivity contribution < 1.29 is 9.53 Å². The Hall–Kier alpha value is -2.86. The van der Waals surface area contributed by atoms with Crippen LogP contribution in [0.15, 0.2) is 64.2 Å². The maximum atomic E-state index is 12.6. The average Bonchev–Trinajstić information content (AvgIpc) is 2.97. The highest BCUT2D eigenvalue weighted by Gasteiger charge is 2.16. The van der Waals surface area contributed by atoms with E-state index in [4.69, 9.17) is 4.74 Å². The summed E-state index contributed by atoms with van der Waals surface area (Å²) < 4.78 is 8.26. The predicted octanol–water partition coefficient (Wildman–Crippen LogP) is 4.63. The summed E-state index contributed by atoms with van der Waals surface area (Å²) in [5.41, 5.74) is 6.83. The lowest BCUT2D eigenvalue weighted by Crippen LogP contribution is -2.18. The SMILES string of the molecule is COc1ccc(Br)cc1C=NNC(=O)c1cc(C)n(-c2ccccc2)c1C. The van der Waals surface area contributed by atoms with Crippen LogP contribution in [-0.2, 0) is 0 Å². The van der Waals surface area contributed by atoms with Crippen molar-refractivity contribution in [3.8, 4) is 11.4 Å². The highest BCUT2D eigenvalue weighted by molar-refractivity contribution is 9.10. The van der Waals surface area contributed by atoms with Gasteiger partial charge in [-0.3, -0.25) is 4.79 Å². The van der Waals surface area contributed by atoms with Crippen molar-refractivity contribution in [1.82, 2.24) is 9.99 Å². The highest BCUT2D eigenvalue weighted by atomic mass is 79.9. The minimum Gasteiger partial charge on any atom is -0.496 e. The average molecular weight is 426 g/mol. The van der Waals surface area contributed by atoms with E-state index in [0.717, 1.165) is 27.1 Å². The number of nitrogens with one attached hydrogen (secondary N) is 1. The summed E-state index contributed by atoms with van der Waals surface area (Å²) in [7, 11) is 1.59. The molecule has 0 saturated carbocycles. The molecule has 27 heavy (non-hydrogen) atoms. The molecule has 0 aliphatic heterocycles.